The Morgan fingerprint density at radius 2 is 1.86 bits per heavy atom. The second kappa shape index (κ2) is 6.04. The van der Waals surface area contributed by atoms with Gasteiger partial charge in [0, 0.05) is 37.4 Å². The largest absolute Gasteiger partial charge is 0.353 e. The highest BCUT2D eigenvalue weighted by Gasteiger charge is 2.24. The molecule has 0 aromatic carbocycles. The molecule has 3 heterocycles. The van der Waals surface area contributed by atoms with Crippen LogP contribution in [-0.4, -0.2) is 47.0 Å². The molecule has 0 atom stereocenters. The first-order valence-corrected chi connectivity index (χ1v) is 8.34. The lowest BCUT2D eigenvalue weighted by molar-refractivity contribution is 0.0751. The number of hydrogen-bond donors (Lipinski definition) is 0. The monoisotopic (exact) mass is 316 g/mol. The van der Waals surface area contributed by atoms with Crippen molar-refractivity contribution in [1.29, 1.82) is 0 Å². The molecule has 0 radical (unpaired) electrons. The minimum atomic E-state index is 0.140. The predicted octanol–water partition coefficient (Wildman–Crippen LogP) is 2.43. The van der Waals surface area contributed by atoms with Crippen molar-refractivity contribution in [2.45, 2.75) is 20.8 Å². The molecule has 0 aliphatic carbocycles. The number of amides is 1. The van der Waals surface area contributed by atoms with Gasteiger partial charge in [0.15, 0.2) is 0 Å². The molecule has 0 N–H and O–H groups in total. The molecule has 2 aromatic heterocycles. The fourth-order valence-corrected chi connectivity index (χ4v) is 3.43. The zero-order valence-corrected chi connectivity index (χ0v) is 14.0. The number of aromatic nitrogens is 2. The molecule has 1 amide bonds. The minimum Gasteiger partial charge on any atom is -0.353 e. The number of hydrogen-bond acceptors (Lipinski definition) is 5. The molecule has 0 saturated carbocycles. The zero-order chi connectivity index (χ0) is 15.7. The second-order valence-electron chi connectivity index (χ2n) is 5.56. The van der Waals surface area contributed by atoms with Crippen molar-refractivity contribution in [2.75, 3.05) is 31.1 Å². The Morgan fingerprint density at radius 1 is 1.14 bits per heavy atom. The third-order valence-electron chi connectivity index (χ3n) is 4.07. The number of anilines is 1. The summed E-state index contributed by atoms with van der Waals surface area (Å²) in [5, 5.41) is 1.94. The van der Waals surface area contributed by atoms with E-state index >= 15 is 0 Å². The SMILES string of the molecule is Cc1nc(C)c(C)c(N2CCN(C(=O)c3cccs3)CC2)n1. The summed E-state index contributed by atoms with van der Waals surface area (Å²) in [5.74, 6) is 1.95. The van der Waals surface area contributed by atoms with Crippen molar-refractivity contribution in [3.05, 3.63) is 39.5 Å². The van der Waals surface area contributed by atoms with E-state index in [-0.39, 0.29) is 5.91 Å². The molecule has 1 fully saturated rings. The van der Waals surface area contributed by atoms with Gasteiger partial charge in [-0.05, 0) is 32.2 Å². The molecule has 5 nitrogen and oxygen atoms in total. The summed E-state index contributed by atoms with van der Waals surface area (Å²) >= 11 is 1.50. The smallest absolute Gasteiger partial charge is 0.264 e. The quantitative estimate of drug-likeness (QED) is 0.854. The summed E-state index contributed by atoms with van der Waals surface area (Å²) in [5.41, 5.74) is 2.16. The van der Waals surface area contributed by atoms with Crippen molar-refractivity contribution in [2.24, 2.45) is 0 Å². The fraction of sp³-hybridized carbons (Fsp3) is 0.438. The van der Waals surface area contributed by atoms with Crippen LogP contribution >= 0.6 is 11.3 Å². The number of carbonyl (C=O) groups is 1. The van der Waals surface area contributed by atoms with E-state index in [4.69, 9.17) is 0 Å². The van der Waals surface area contributed by atoms with Gasteiger partial charge in [0.25, 0.3) is 5.91 Å². The number of thiophene rings is 1. The van der Waals surface area contributed by atoms with Crippen molar-refractivity contribution in [3.63, 3.8) is 0 Å². The summed E-state index contributed by atoms with van der Waals surface area (Å²) in [6, 6.07) is 3.81. The average molecular weight is 316 g/mol. The average Bonchev–Trinajstić information content (AvgIpc) is 3.05. The van der Waals surface area contributed by atoms with E-state index in [2.05, 4.69) is 21.8 Å². The first-order valence-electron chi connectivity index (χ1n) is 7.46. The van der Waals surface area contributed by atoms with Crippen LogP contribution in [-0.2, 0) is 0 Å². The number of rotatable bonds is 2. The van der Waals surface area contributed by atoms with Crippen LogP contribution in [0.25, 0.3) is 0 Å². The molecule has 0 unspecified atom stereocenters. The summed E-state index contributed by atoms with van der Waals surface area (Å²) in [7, 11) is 0. The standard InChI is InChI=1S/C16H20N4OS/c1-11-12(2)17-13(3)18-15(11)19-6-8-20(9-7-19)16(21)14-5-4-10-22-14/h4-5,10H,6-9H2,1-3H3. The maximum atomic E-state index is 12.4. The van der Waals surface area contributed by atoms with E-state index in [0.717, 1.165) is 54.0 Å². The summed E-state index contributed by atoms with van der Waals surface area (Å²) in [6.45, 7) is 9.10. The van der Waals surface area contributed by atoms with Gasteiger partial charge in [0.2, 0.25) is 0 Å². The molecule has 3 rings (SSSR count). The van der Waals surface area contributed by atoms with E-state index in [1.807, 2.05) is 36.3 Å². The van der Waals surface area contributed by atoms with Crippen LogP contribution in [0.15, 0.2) is 17.5 Å². The molecule has 2 aromatic rings. The van der Waals surface area contributed by atoms with Crippen molar-refractivity contribution in [1.82, 2.24) is 14.9 Å². The topological polar surface area (TPSA) is 49.3 Å². The van der Waals surface area contributed by atoms with E-state index in [1.54, 1.807) is 0 Å². The Kier molecular flexibility index (Phi) is 4.11. The van der Waals surface area contributed by atoms with E-state index in [0.29, 0.717) is 0 Å². The van der Waals surface area contributed by atoms with Gasteiger partial charge in [0.05, 0.1) is 4.88 Å². The Bertz CT molecular complexity index is 676. The van der Waals surface area contributed by atoms with Crippen molar-refractivity contribution >= 4 is 23.1 Å². The highest BCUT2D eigenvalue weighted by Crippen LogP contribution is 2.22. The van der Waals surface area contributed by atoms with Gasteiger partial charge in [-0.25, -0.2) is 9.97 Å². The number of aryl methyl sites for hydroxylation is 2. The highest BCUT2D eigenvalue weighted by molar-refractivity contribution is 7.12. The Labute approximate surface area is 134 Å². The van der Waals surface area contributed by atoms with Crippen LogP contribution in [0.5, 0.6) is 0 Å². The van der Waals surface area contributed by atoms with Crippen LogP contribution in [0.2, 0.25) is 0 Å². The zero-order valence-electron chi connectivity index (χ0n) is 13.2. The lowest BCUT2D eigenvalue weighted by Crippen LogP contribution is -2.49. The molecular weight excluding hydrogens is 296 g/mol. The summed E-state index contributed by atoms with van der Waals surface area (Å²) < 4.78 is 0. The van der Waals surface area contributed by atoms with Crippen LogP contribution < -0.4 is 4.90 Å². The summed E-state index contributed by atoms with van der Waals surface area (Å²) in [6.07, 6.45) is 0. The number of piperazine rings is 1. The lowest BCUT2D eigenvalue weighted by atomic mass is 10.2. The Balaban J connectivity index is 1.71. The second-order valence-corrected chi connectivity index (χ2v) is 6.51. The van der Waals surface area contributed by atoms with E-state index in [9.17, 15) is 4.79 Å². The van der Waals surface area contributed by atoms with Crippen LogP contribution in [0.1, 0.15) is 26.8 Å². The highest BCUT2D eigenvalue weighted by atomic mass is 32.1. The van der Waals surface area contributed by atoms with E-state index < -0.39 is 0 Å². The first kappa shape index (κ1) is 15.0. The van der Waals surface area contributed by atoms with Gasteiger partial charge in [-0.3, -0.25) is 4.79 Å². The van der Waals surface area contributed by atoms with Gasteiger partial charge in [-0.15, -0.1) is 11.3 Å². The van der Waals surface area contributed by atoms with Crippen molar-refractivity contribution < 1.29 is 4.79 Å². The van der Waals surface area contributed by atoms with Gasteiger partial charge in [0.1, 0.15) is 11.6 Å². The molecule has 1 aliphatic heterocycles. The van der Waals surface area contributed by atoms with Gasteiger partial charge in [-0.1, -0.05) is 6.07 Å². The lowest BCUT2D eigenvalue weighted by Gasteiger charge is -2.36. The third kappa shape index (κ3) is 2.83. The minimum absolute atomic E-state index is 0.140. The van der Waals surface area contributed by atoms with Gasteiger partial charge < -0.3 is 9.80 Å². The van der Waals surface area contributed by atoms with Gasteiger partial charge in [-0.2, -0.15) is 0 Å². The molecule has 0 bridgehead atoms. The summed E-state index contributed by atoms with van der Waals surface area (Å²) in [4.78, 5) is 26.4. The number of nitrogens with zero attached hydrogens (tertiary/aromatic N) is 4. The van der Waals surface area contributed by atoms with Crippen LogP contribution in [0.4, 0.5) is 5.82 Å². The molecule has 0 spiro atoms. The van der Waals surface area contributed by atoms with E-state index in [1.165, 1.54) is 11.3 Å². The molecule has 22 heavy (non-hydrogen) atoms. The molecule has 1 saturated heterocycles. The maximum absolute atomic E-state index is 12.4. The third-order valence-corrected chi connectivity index (χ3v) is 4.93. The number of carbonyl (C=O) groups excluding carboxylic acids is 1. The first-order chi connectivity index (χ1) is 10.6. The fourth-order valence-electron chi connectivity index (χ4n) is 2.74. The van der Waals surface area contributed by atoms with Crippen molar-refractivity contribution in [3.8, 4) is 0 Å². The predicted molar refractivity (Wildman–Crippen MR) is 88.7 cm³/mol. The normalized spacial score (nSPS) is 15.2. The van der Waals surface area contributed by atoms with Gasteiger partial charge >= 0.3 is 0 Å². The molecule has 1 aliphatic rings. The Hall–Kier alpha value is -1.95. The Morgan fingerprint density at radius 3 is 2.50 bits per heavy atom. The molecule has 116 valence electrons. The maximum Gasteiger partial charge on any atom is 0.264 e. The molecule has 6 heteroatoms. The molecular formula is C16H20N4OS. The van der Waals surface area contributed by atoms with Crippen LogP contribution in [0, 0.1) is 20.8 Å². The van der Waals surface area contributed by atoms with Crippen LogP contribution in [0.3, 0.4) is 0 Å².